The third-order valence-corrected chi connectivity index (χ3v) is 6.74. The van der Waals surface area contributed by atoms with Gasteiger partial charge in [0.1, 0.15) is 17.7 Å². The van der Waals surface area contributed by atoms with Crippen molar-refractivity contribution < 1.29 is 4.42 Å². The van der Waals surface area contributed by atoms with Crippen molar-refractivity contribution in [2.24, 2.45) is 0 Å². The molecule has 4 aromatic carbocycles. The Morgan fingerprint density at radius 1 is 0.771 bits per heavy atom. The molecule has 0 radical (unpaired) electrons. The fraction of sp³-hybridized carbons (Fsp3) is 0.156. The van der Waals surface area contributed by atoms with Crippen molar-refractivity contribution in [2.75, 3.05) is 0 Å². The van der Waals surface area contributed by atoms with E-state index in [1.54, 1.807) is 0 Å². The molecule has 0 unspecified atom stereocenters. The number of rotatable bonds is 3. The predicted molar refractivity (Wildman–Crippen MR) is 145 cm³/mol. The molecule has 0 fully saturated rings. The highest BCUT2D eigenvalue weighted by molar-refractivity contribution is 5.95. The molecule has 0 aliphatic carbocycles. The summed E-state index contributed by atoms with van der Waals surface area (Å²) in [6.07, 6.45) is 1.83. The van der Waals surface area contributed by atoms with E-state index in [4.69, 9.17) is 9.40 Å². The zero-order valence-electron chi connectivity index (χ0n) is 20.5. The minimum Gasteiger partial charge on any atom is -0.464 e. The highest BCUT2D eigenvalue weighted by Crippen LogP contribution is 2.35. The molecular formula is C32H28N2O. The van der Waals surface area contributed by atoms with Crippen LogP contribution in [0.4, 0.5) is 0 Å². The molecule has 3 heteroatoms. The Balaban J connectivity index is 1.46. The van der Waals surface area contributed by atoms with E-state index in [0.717, 1.165) is 39.1 Å². The van der Waals surface area contributed by atoms with E-state index >= 15 is 0 Å². The number of hydrogen-bond acceptors (Lipinski definition) is 2. The van der Waals surface area contributed by atoms with E-state index in [1.165, 1.54) is 22.3 Å². The second-order valence-electron chi connectivity index (χ2n) is 10.3. The van der Waals surface area contributed by atoms with E-state index in [-0.39, 0.29) is 5.41 Å². The first kappa shape index (κ1) is 21.4. The third-order valence-electron chi connectivity index (χ3n) is 6.74. The molecule has 0 saturated carbocycles. The van der Waals surface area contributed by atoms with Crippen LogP contribution in [0.25, 0.3) is 50.2 Å². The van der Waals surface area contributed by atoms with Gasteiger partial charge in [-0.3, -0.25) is 4.57 Å². The number of imidazole rings is 1. The molecule has 0 saturated heterocycles. The van der Waals surface area contributed by atoms with Gasteiger partial charge in [-0.1, -0.05) is 81.4 Å². The SMILES string of the molecule is Cc1ccc2c(-c3nc4ccccc4n3-c3ccc(-c4ccc(C(C)(C)C)cc4)cc3)coc2c1. The van der Waals surface area contributed by atoms with E-state index in [9.17, 15) is 0 Å². The lowest BCUT2D eigenvalue weighted by atomic mass is 9.86. The monoisotopic (exact) mass is 456 g/mol. The number of furan rings is 1. The molecule has 0 bridgehead atoms. The second-order valence-corrected chi connectivity index (χ2v) is 10.3. The van der Waals surface area contributed by atoms with Crippen LogP contribution in [-0.2, 0) is 5.41 Å². The average Bonchev–Trinajstić information content (AvgIpc) is 3.44. The average molecular weight is 457 g/mol. The summed E-state index contributed by atoms with van der Waals surface area (Å²) in [6, 6.07) is 32.2. The lowest BCUT2D eigenvalue weighted by Crippen LogP contribution is -2.10. The highest BCUT2D eigenvalue weighted by Gasteiger charge is 2.19. The van der Waals surface area contributed by atoms with Crippen molar-refractivity contribution in [3.8, 4) is 28.2 Å². The Morgan fingerprint density at radius 2 is 1.46 bits per heavy atom. The third kappa shape index (κ3) is 3.74. The van der Waals surface area contributed by atoms with Crippen molar-refractivity contribution in [1.82, 2.24) is 9.55 Å². The van der Waals surface area contributed by atoms with Gasteiger partial charge in [-0.15, -0.1) is 0 Å². The number of benzene rings is 4. The molecule has 6 aromatic rings. The molecule has 2 heterocycles. The number of aromatic nitrogens is 2. The number of aryl methyl sites for hydroxylation is 1. The summed E-state index contributed by atoms with van der Waals surface area (Å²) in [5.74, 6) is 0.885. The zero-order valence-corrected chi connectivity index (χ0v) is 20.5. The quantitative estimate of drug-likeness (QED) is 0.267. The summed E-state index contributed by atoms with van der Waals surface area (Å²) in [6.45, 7) is 8.81. The van der Waals surface area contributed by atoms with Crippen LogP contribution in [0.5, 0.6) is 0 Å². The van der Waals surface area contributed by atoms with E-state index in [2.05, 4.69) is 117 Å². The smallest absolute Gasteiger partial charge is 0.149 e. The van der Waals surface area contributed by atoms with Crippen molar-refractivity contribution in [2.45, 2.75) is 33.1 Å². The standard InChI is InChI=1S/C32H28N2O/c1-21-9-18-26-27(20-35-30(26)19-21)31-33-28-7-5-6-8-29(28)34(31)25-16-12-23(13-17-25)22-10-14-24(15-11-22)32(2,3)4/h5-20H,1-4H3. The molecule has 0 spiro atoms. The van der Waals surface area contributed by atoms with Crippen molar-refractivity contribution in [3.63, 3.8) is 0 Å². The van der Waals surface area contributed by atoms with Gasteiger partial charge in [0.25, 0.3) is 0 Å². The van der Waals surface area contributed by atoms with E-state index in [1.807, 2.05) is 12.3 Å². The Morgan fingerprint density at radius 3 is 2.17 bits per heavy atom. The van der Waals surface area contributed by atoms with Gasteiger partial charge in [-0.25, -0.2) is 4.98 Å². The molecule has 0 atom stereocenters. The van der Waals surface area contributed by atoms with Gasteiger partial charge in [0.05, 0.1) is 16.6 Å². The normalized spacial score (nSPS) is 12.0. The molecule has 2 aromatic heterocycles. The Kier molecular flexibility index (Phi) is 4.89. The molecule has 0 amide bonds. The van der Waals surface area contributed by atoms with Crippen LogP contribution in [0.1, 0.15) is 31.9 Å². The van der Waals surface area contributed by atoms with Gasteiger partial charge in [-0.2, -0.15) is 0 Å². The Bertz CT molecular complexity index is 1660. The van der Waals surface area contributed by atoms with E-state index in [0.29, 0.717) is 0 Å². The summed E-state index contributed by atoms with van der Waals surface area (Å²) in [4.78, 5) is 5.02. The maximum atomic E-state index is 5.93. The molecule has 6 rings (SSSR count). The molecule has 0 aliphatic heterocycles. The van der Waals surface area contributed by atoms with E-state index < -0.39 is 0 Å². The van der Waals surface area contributed by atoms with Crippen molar-refractivity contribution in [3.05, 3.63) is 108 Å². The first-order valence-electron chi connectivity index (χ1n) is 12.1. The lowest BCUT2D eigenvalue weighted by Gasteiger charge is -2.19. The summed E-state index contributed by atoms with van der Waals surface area (Å²) in [5.41, 5.74) is 10.1. The van der Waals surface area contributed by atoms with Gasteiger partial charge >= 0.3 is 0 Å². The Labute approximate surface area is 205 Å². The number of fused-ring (bicyclic) bond motifs is 2. The van der Waals surface area contributed by atoms with Crippen LogP contribution in [-0.4, -0.2) is 9.55 Å². The van der Waals surface area contributed by atoms with Crippen LogP contribution in [0, 0.1) is 6.92 Å². The fourth-order valence-corrected chi connectivity index (χ4v) is 4.74. The van der Waals surface area contributed by atoms with Crippen LogP contribution >= 0.6 is 0 Å². The van der Waals surface area contributed by atoms with Gasteiger partial charge in [-0.05, 0) is 64.9 Å². The molecule has 172 valence electrons. The zero-order chi connectivity index (χ0) is 24.2. The first-order chi connectivity index (χ1) is 16.9. The van der Waals surface area contributed by atoms with Gasteiger partial charge < -0.3 is 4.42 Å². The first-order valence-corrected chi connectivity index (χ1v) is 12.1. The summed E-state index contributed by atoms with van der Waals surface area (Å²) in [7, 11) is 0. The summed E-state index contributed by atoms with van der Waals surface area (Å²) < 4.78 is 8.16. The topological polar surface area (TPSA) is 31.0 Å². The predicted octanol–water partition coefficient (Wildman–Crippen LogP) is 8.71. The minimum absolute atomic E-state index is 0.150. The second kappa shape index (κ2) is 7.99. The largest absolute Gasteiger partial charge is 0.464 e. The summed E-state index contributed by atoms with van der Waals surface area (Å²) in [5, 5.41) is 1.07. The fourth-order valence-electron chi connectivity index (χ4n) is 4.74. The van der Waals surface area contributed by atoms with Gasteiger partial charge in [0.15, 0.2) is 0 Å². The maximum Gasteiger partial charge on any atom is 0.149 e. The highest BCUT2D eigenvalue weighted by atomic mass is 16.3. The molecule has 0 aliphatic rings. The molecule has 35 heavy (non-hydrogen) atoms. The molecular weight excluding hydrogens is 428 g/mol. The van der Waals surface area contributed by atoms with Gasteiger partial charge in [0, 0.05) is 11.1 Å². The van der Waals surface area contributed by atoms with Crippen LogP contribution in [0.15, 0.2) is 102 Å². The van der Waals surface area contributed by atoms with Crippen molar-refractivity contribution >= 4 is 22.0 Å². The van der Waals surface area contributed by atoms with Gasteiger partial charge in [0.2, 0.25) is 0 Å². The molecule has 3 nitrogen and oxygen atoms in total. The van der Waals surface area contributed by atoms with Crippen LogP contribution < -0.4 is 0 Å². The number of para-hydroxylation sites is 2. The van der Waals surface area contributed by atoms with Crippen LogP contribution in [0.2, 0.25) is 0 Å². The number of nitrogens with zero attached hydrogens (tertiary/aromatic N) is 2. The molecule has 0 N–H and O–H groups in total. The van der Waals surface area contributed by atoms with Crippen LogP contribution in [0.3, 0.4) is 0 Å². The maximum absolute atomic E-state index is 5.93. The Hall–Kier alpha value is -4.11. The minimum atomic E-state index is 0.150. The number of hydrogen-bond donors (Lipinski definition) is 0. The lowest BCUT2D eigenvalue weighted by molar-refractivity contribution is 0.590. The van der Waals surface area contributed by atoms with Crippen molar-refractivity contribution in [1.29, 1.82) is 0 Å². The summed E-state index contributed by atoms with van der Waals surface area (Å²) >= 11 is 0.